The highest BCUT2D eigenvalue weighted by molar-refractivity contribution is 9.10. The summed E-state index contributed by atoms with van der Waals surface area (Å²) in [6, 6.07) is 22.8. The molecule has 0 spiro atoms. The van der Waals surface area contributed by atoms with Gasteiger partial charge in [-0.15, -0.1) is 0 Å². The number of hydrogen-bond donors (Lipinski definition) is 0. The number of hydrogen-bond acceptors (Lipinski definition) is 6. The molecule has 0 atom stereocenters. The number of rotatable bonds is 7. The van der Waals surface area contributed by atoms with Gasteiger partial charge in [0.25, 0.3) is 5.56 Å². The van der Waals surface area contributed by atoms with Crippen LogP contribution in [0.5, 0.6) is 11.5 Å². The molecule has 0 saturated heterocycles. The average molecular weight is 684 g/mol. The number of aromatic nitrogens is 2. The normalized spacial score (nSPS) is 11.5. The monoisotopic (exact) mass is 681 g/mol. The summed E-state index contributed by atoms with van der Waals surface area (Å²) in [4.78, 5) is 18.5. The molecule has 42 heavy (non-hydrogen) atoms. The van der Waals surface area contributed by atoms with Crippen molar-refractivity contribution in [3.05, 3.63) is 120 Å². The molecule has 11 heteroatoms. The van der Waals surface area contributed by atoms with Crippen molar-refractivity contribution in [2.45, 2.75) is 6.61 Å². The van der Waals surface area contributed by atoms with E-state index in [0.717, 1.165) is 15.4 Å². The maximum absolute atomic E-state index is 13.7. The summed E-state index contributed by atoms with van der Waals surface area (Å²) in [6.07, 6.45) is 1.51. The zero-order valence-electron chi connectivity index (χ0n) is 21.8. The van der Waals surface area contributed by atoms with Gasteiger partial charge in [0, 0.05) is 36.1 Å². The zero-order chi connectivity index (χ0) is 29.4. The van der Waals surface area contributed by atoms with Gasteiger partial charge in [0.05, 0.1) is 24.2 Å². The van der Waals surface area contributed by atoms with Crippen LogP contribution in [0, 0.1) is 0 Å². The first-order valence-corrected chi connectivity index (χ1v) is 14.4. The molecular weight excluding hydrogens is 665 g/mol. The van der Waals surface area contributed by atoms with Gasteiger partial charge < -0.3 is 13.9 Å². The number of ether oxygens (including phenoxy) is 2. The van der Waals surface area contributed by atoms with Gasteiger partial charge >= 0.3 is 0 Å². The third-order valence-electron chi connectivity index (χ3n) is 6.42. The van der Waals surface area contributed by atoms with Gasteiger partial charge in [-0.1, -0.05) is 68.9 Å². The van der Waals surface area contributed by atoms with E-state index in [1.54, 1.807) is 72.8 Å². The van der Waals surface area contributed by atoms with Gasteiger partial charge in [-0.25, -0.2) is 4.98 Å². The predicted molar refractivity (Wildman–Crippen MR) is 171 cm³/mol. The Morgan fingerprint density at radius 3 is 2.60 bits per heavy atom. The van der Waals surface area contributed by atoms with Crippen LogP contribution in [-0.2, 0) is 6.61 Å². The maximum Gasteiger partial charge on any atom is 0.282 e. The summed E-state index contributed by atoms with van der Waals surface area (Å²) >= 11 is 22.1. The Morgan fingerprint density at radius 1 is 1.00 bits per heavy atom. The highest BCUT2D eigenvalue weighted by atomic mass is 79.9. The van der Waals surface area contributed by atoms with Gasteiger partial charge in [0.2, 0.25) is 5.82 Å². The summed E-state index contributed by atoms with van der Waals surface area (Å²) in [5, 5.41) is 7.31. The lowest BCUT2D eigenvalue weighted by Crippen LogP contribution is -2.20. The second-order valence-corrected chi connectivity index (χ2v) is 11.4. The molecule has 0 amide bonds. The largest absolute Gasteiger partial charge is 0.493 e. The summed E-state index contributed by atoms with van der Waals surface area (Å²) < 4.78 is 19.8. The van der Waals surface area contributed by atoms with Crippen molar-refractivity contribution in [1.29, 1.82) is 0 Å². The molecule has 7 nitrogen and oxygen atoms in total. The summed E-state index contributed by atoms with van der Waals surface area (Å²) in [5.74, 6) is 1.43. The van der Waals surface area contributed by atoms with Gasteiger partial charge in [-0.05, 0) is 60.7 Å². The SMILES string of the molecule is COc1cc(Br)cc(C=Nn2c(-c3cc4cc(Cl)ccc4o3)nc3ccccc3c2=O)c1OCc1ccc(Cl)cc1Cl. The van der Waals surface area contributed by atoms with E-state index in [9.17, 15) is 4.79 Å². The van der Waals surface area contributed by atoms with Gasteiger partial charge in [-0.3, -0.25) is 4.79 Å². The summed E-state index contributed by atoms with van der Waals surface area (Å²) in [6.45, 7) is 0.138. The highest BCUT2D eigenvalue weighted by Gasteiger charge is 2.18. The third kappa shape index (κ3) is 5.63. The number of nitrogens with zero attached hydrogens (tertiary/aromatic N) is 3. The van der Waals surface area contributed by atoms with Crippen molar-refractivity contribution in [2.24, 2.45) is 5.10 Å². The fraction of sp³-hybridized carbons (Fsp3) is 0.0645. The van der Waals surface area contributed by atoms with Gasteiger partial charge in [0.1, 0.15) is 12.2 Å². The van der Waals surface area contributed by atoms with Crippen molar-refractivity contribution in [2.75, 3.05) is 7.11 Å². The van der Waals surface area contributed by atoms with Gasteiger partial charge in [0.15, 0.2) is 17.3 Å². The molecule has 0 aliphatic rings. The first-order valence-electron chi connectivity index (χ1n) is 12.5. The van der Waals surface area contributed by atoms with E-state index >= 15 is 0 Å². The molecule has 4 aromatic carbocycles. The molecule has 0 saturated carbocycles. The van der Waals surface area contributed by atoms with Crippen LogP contribution in [0.4, 0.5) is 0 Å². The van der Waals surface area contributed by atoms with Gasteiger partial charge in [-0.2, -0.15) is 9.78 Å². The first kappa shape index (κ1) is 28.3. The van der Waals surface area contributed by atoms with Crippen LogP contribution in [0.25, 0.3) is 33.5 Å². The molecule has 0 aliphatic heterocycles. The quantitative estimate of drug-likeness (QED) is 0.157. The maximum atomic E-state index is 13.7. The molecule has 210 valence electrons. The average Bonchev–Trinajstić information content (AvgIpc) is 3.39. The smallest absolute Gasteiger partial charge is 0.282 e. The Morgan fingerprint density at radius 2 is 1.79 bits per heavy atom. The Kier molecular flexibility index (Phi) is 7.96. The van der Waals surface area contributed by atoms with Crippen LogP contribution in [-0.4, -0.2) is 23.0 Å². The second-order valence-electron chi connectivity index (χ2n) is 9.16. The Hall–Kier alpha value is -3.82. The molecular formula is C31H19BrCl3N3O4. The predicted octanol–water partition coefficient (Wildman–Crippen LogP) is 9.00. The summed E-state index contributed by atoms with van der Waals surface area (Å²) in [7, 11) is 1.54. The molecule has 0 bridgehead atoms. The second kappa shape index (κ2) is 11.8. The Labute approximate surface area is 263 Å². The molecule has 2 heterocycles. The minimum Gasteiger partial charge on any atom is -0.493 e. The Balaban J connectivity index is 1.47. The van der Waals surface area contributed by atoms with E-state index in [1.165, 1.54) is 18.0 Å². The lowest BCUT2D eigenvalue weighted by molar-refractivity contribution is 0.284. The van der Waals surface area contributed by atoms with Crippen molar-refractivity contribution in [3.8, 4) is 23.1 Å². The van der Waals surface area contributed by atoms with E-state index in [1.807, 2.05) is 6.07 Å². The van der Waals surface area contributed by atoms with Crippen LogP contribution >= 0.6 is 50.7 Å². The lowest BCUT2D eigenvalue weighted by Gasteiger charge is -2.15. The molecule has 6 rings (SSSR count). The third-order valence-corrected chi connectivity index (χ3v) is 7.70. The molecule has 0 radical (unpaired) electrons. The number of methoxy groups -OCH3 is 1. The lowest BCUT2D eigenvalue weighted by atomic mass is 10.2. The highest BCUT2D eigenvalue weighted by Crippen LogP contribution is 2.36. The number of benzene rings is 4. The number of para-hydroxylation sites is 1. The number of fused-ring (bicyclic) bond motifs is 2. The van der Waals surface area contributed by atoms with Crippen LogP contribution in [0.1, 0.15) is 11.1 Å². The number of halogens is 4. The molecule has 0 aliphatic carbocycles. The fourth-order valence-electron chi connectivity index (χ4n) is 4.41. The van der Waals surface area contributed by atoms with E-state index < -0.39 is 0 Å². The Bertz CT molecular complexity index is 2070. The van der Waals surface area contributed by atoms with Crippen molar-refractivity contribution in [3.63, 3.8) is 0 Å². The van der Waals surface area contributed by atoms with Crippen LogP contribution in [0.3, 0.4) is 0 Å². The molecule has 0 N–H and O–H groups in total. The fourth-order valence-corrected chi connectivity index (χ4v) is 5.51. The first-order chi connectivity index (χ1) is 20.3. The van der Waals surface area contributed by atoms with E-state index in [0.29, 0.717) is 54.4 Å². The van der Waals surface area contributed by atoms with E-state index in [2.05, 4.69) is 21.0 Å². The van der Waals surface area contributed by atoms with Crippen molar-refractivity contribution >= 4 is 78.8 Å². The van der Waals surface area contributed by atoms with Crippen LogP contribution in [0.15, 0.2) is 97.6 Å². The zero-order valence-corrected chi connectivity index (χ0v) is 25.6. The standard InChI is InChI=1S/C31H19BrCl3N3O4/c1-40-27-13-20(32)10-19(29(27)41-16-17-6-7-22(34)14-24(17)35)15-36-38-30(37-25-5-3-2-4-23(25)31(38)39)28-12-18-11-21(33)8-9-26(18)42-28/h2-15H,16H2,1H3. The minimum atomic E-state index is -0.372. The van der Waals surface area contributed by atoms with Crippen molar-refractivity contribution < 1.29 is 13.9 Å². The summed E-state index contributed by atoms with van der Waals surface area (Å²) in [5.41, 5.74) is 2.00. The minimum absolute atomic E-state index is 0.138. The molecule has 6 aromatic rings. The molecule has 2 aromatic heterocycles. The number of furan rings is 1. The topological polar surface area (TPSA) is 78.9 Å². The van der Waals surface area contributed by atoms with Crippen LogP contribution < -0.4 is 15.0 Å². The van der Waals surface area contributed by atoms with E-state index in [4.69, 9.17) is 53.7 Å². The molecule has 0 unspecified atom stereocenters. The van der Waals surface area contributed by atoms with Crippen LogP contribution in [0.2, 0.25) is 15.1 Å². The van der Waals surface area contributed by atoms with Crippen molar-refractivity contribution in [1.82, 2.24) is 9.66 Å². The van der Waals surface area contributed by atoms with E-state index in [-0.39, 0.29) is 18.0 Å². The molecule has 0 fully saturated rings.